The van der Waals surface area contributed by atoms with Crippen LogP contribution in [0.5, 0.6) is 0 Å². The second kappa shape index (κ2) is 7.09. The van der Waals surface area contributed by atoms with Gasteiger partial charge in [-0.2, -0.15) is 12.6 Å². The lowest BCUT2D eigenvalue weighted by Gasteiger charge is -2.17. The summed E-state index contributed by atoms with van der Waals surface area (Å²) in [5.74, 6) is 0.118. The standard InChI is InChI=1S/C19H19NO3S/c1-12(21)18(11-24)20-19(22)23-10-17-15-8-4-2-6-13(15)14-7-3-5-9-16(14)17/h2-9,17-18,24H,10-11H2,1H3,(H,20,22). The molecule has 2 aromatic rings. The van der Waals surface area contributed by atoms with Crippen molar-refractivity contribution < 1.29 is 14.3 Å². The highest BCUT2D eigenvalue weighted by atomic mass is 32.1. The van der Waals surface area contributed by atoms with Gasteiger partial charge in [0.2, 0.25) is 0 Å². The minimum absolute atomic E-state index is 0.00919. The van der Waals surface area contributed by atoms with Crippen LogP contribution in [0.1, 0.15) is 24.0 Å². The third-order valence-electron chi connectivity index (χ3n) is 4.31. The number of carbonyl (C=O) groups is 2. The summed E-state index contributed by atoms with van der Waals surface area (Å²) in [6.45, 7) is 1.65. The molecule has 1 atom stereocenters. The first-order valence-electron chi connectivity index (χ1n) is 7.84. The molecule has 1 aliphatic carbocycles. The van der Waals surface area contributed by atoms with Gasteiger partial charge in [0.25, 0.3) is 0 Å². The first-order valence-corrected chi connectivity index (χ1v) is 8.48. The summed E-state index contributed by atoms with van der Waals surface area (Å²) in [5, 5.41) is 2.55. The van der Waals surface area contributed by atoms with Gasteiger partial charge in [0.15, 0.2) is 5.78 Å². The fourth-order valence-electron chi connectivity index (χ4n) is 3.06. The molecule has 0 spiro atoms. The van der Waals surface area contributed by atoms with E-state index in [1.807, 2.05) is 24.3 Å². The number of nitrogens with one attached hydrogen (secondary N) is 1. The van der Waals surface area contributed by atoms with Gasteiger partial charge in [0.1, 0.15) is 6.61 Å². The van der Waals surface area contributed by atoms with Crippen molar-refractivity contribution in [2.75, 3.05) is 12.4 Å². The van der Waals surface area contributed by atoms with Crippen molar-refractivity contribution in [3.8, 4) is 11.1 Å². The van der Waals surface area contributed by atoms with E-state index in [-0.39, 0.29) is 24.1 Å². The van der Waals surface area contributed by atoms with Gasteiger partial charge in [-0.05, 0) is 29.2 Å². The number of Topliss-reactive ketones (excluding diaryl/α,β-unsaturated/α-hetero) is 1. The van der Waals surface area contributed by atoms with Gasteiger partial charge in [-0.25, -0.2) is 4.79 Å². The van der Waals surface area contributed by atoms with Gasteiger partial charge in [0.05, 0.1) is 6.04 Å². The Hall–Kier alpha value is -2.27. The lowest BCUT2D eigenvalue weighted by atomic mass is 9.98. The zero-order chi connectivity index (χ0) is 17.1. The van der Waals surface area contributed by atoms with Crippen LogP contribution < -0.4 is 5.32 Å². The van der Waals surface area contributed by atoms with Crippen LogP contribution in [-0.4, -0.2) is 30.3 Å². The van der Waals surface area contributed by atoms with Crippen molar-refractivity contribution in [2.24, 2.45) is 0 Å². The quantitative estimate of drug-likeness (QED) is 0.820. The van der Waals surface area contributed by atoms with Gasteiger partial charge >= 0.3 is 6.09 Å². The van der Waals surface area contributed by atoms with E-state index in [1.54, 1.807) is 0 Å². The maximum atomic E-state index is 12.0. The number of thiol groups is 1. The summed E-state index contributed by atoms with van der Waals surface area (Å²) in [5.41, 5.74) is 4.67. The molecule has 2 aromatic carbocycles. The molecular weight excluding hydrogens is 322 g/mol. The summed E-state index contributed by atoms with van der Waals surface area (Å²) >= 11 is 4.07. The Kier molecular flexibility index (Phi) is 4.90. The maximum absolute atomic E-state index is 12.0. The molecule has 5 heteroatoms. The van der Waals surface area contributed by atoms with Crippen molar-refractivity contribution >= 4 is 24.5 Å². The highest BCUT2D eigenvalue weighted by Gasteiger charge is 2.29. The average molecular weight is 341 g/mol. The number of hydrogen-bond donors (Lipinski definition) is 2. The van der Waals surface area contributed by atoms with E-state index in [1.165, 1.54) is 18.1 Å². The molecule has 0 radical (unpaired) electrons. The third-order valence-corrected chi connectivity index (χ3v) is 4.67. The number of hydrogen-bond acceptors (Lipinski definition) is 4. The first-order chi connectivity index (χ1) is 11.6. The SMILES string of the molecule is CC(=O)C(CS)NC(=O)OCC1c2ccccc2-c2ccccc21. The first kappa shape index (κ1) is 16.6. The molecule has 3 rings (SSSR count). The molecule has 1 amide bonds. The highest BCUT2D eigenvalue weighted by molar-refractivity contribution is 7.80. The Morgan fingerprint density at radius 1 is 1.08 bits per heavy atom. The fourth-order valence-corrected chi connectivity index (χ4v) is 3.41. The van der Waals surface area contributed by atoms with E-state index in [0.29, 0.717) is 0 Å². The maximum Gasteiger partial charge on any atom is 0.407 e. The highest BCUT2D eigenvalue weighted by Crippen LogP contribution is 2.44. The van der Waals surface area contributed by atoms with Crippen LogP contribution in [0, 0.1) is 0 Å². The van der Waals surface area contributed by atoms with Crippen molar-refractivity contribution in [1.29, 1.82) is 0 Å². The predicted molar refractivity (Wildman–Crippen MR) is 96.5 cm³/mol. The minimum atomic E-state index is -0.621. The van der Waals surface area contributed by atoms with E-state index in [9.17, 15) is 9.59 Å². The van der Waals surface area contributed by atoms with Gasteiger partial charge in [-0.15, -0.1) is 0 Å². The molecule has 1 unspecified atom stereocenters. The number of rotatable bonds is 5. The molecule has 1 aliphatic rings. The van der Waals surface area contributed by atoms with Crippen LogP contribution in [0.2, 0.25) is 0 Å². The summed E-state index contributed by atoms with van der Waals surface area (Å²) in [4.78, 5) is 23.4. The normalized spacial score (nSPS) is 13.8. The second-order valence-electron chi connectivity index (χ2n) is 5.82. The van der Waals surface area contributed by atoms with E-state index in [4.69, 9.17) is 4.74 Å². The third kappa shape index (κ3) is 3.17. The number of carbonyl (C=O) groups excluding carboxylic acids is 2. The number of benzene rings is 2. The number of ether oxygens (including phenoxy) is 1. The smallest absolute Gasteiger partial charge is 0.407 e. The van der Waals surface area contributed by atoms with Crippen LogP contribution in [-0.2, 0) is 9.53 Å². The number of fused-ring (bicyclic) bond motifs is 3. The molecule has 1 N–H and O–H groups in total. The van der Waals surface area contributed by atoms with E-state index < -0.39 is 12.1 Å². The number of alkyl carbamates (subject to hydrolysis) is 1. The zero-order valence-electron chi connectivity index (χ0n) is 13.4. The van der Waals surface area contributed by atoms with Crippen LogP contribution in [0.3, 0.4) is 0 Å². The molecule has 4 nitrogen and oxygen atoms in total. The molecule has 0 bridgehead atoms. The Morgan fingerprint density at radius 3 is 2.12 bits per heavy atom. The summed E-state index contributed by atoms with van der Waals surface area (Å²) in [6.07, 6.45) is -0.592. The molecule has 0 aromatic heterocycles. The second-order valence-corrected chi connectivity index (χ2v) is 6.18. The van der Waals surface area contributed by atoms with E-state index in [2.05, 4.69) is 42.2 Å². The molecule has 0 fully saturated rings. The van der Waals surface area contributed by atoms with Crippen molar-refractivity contribution in [3.63, 3.8) is 0 Å². The zero-order valence-corrected chi connectivity index (χ0v) is 14.3. The van der Waals surface area contributed by atoms with Crippen molar-refractivity contribution in [1.82, 2.24) is 5.32 Å². The van der Waals surface area contributed by atoms with Crippen LogP contribution in [0.15, 0.2) is 48.5 Å². The molecule has 24 heavy (non-hydrogen) atoms. The Bertz CT molecular complexity index is 729. The molecular formula is C19H19NO3S. The van der Waals surface area contributed by atoms with Crippen molar-refractivity contribution in [3.05, 3.63) is 59.7 Å². The molecule has 124 valence electrons. The lowest BCUT2D eigenvalue weighted by molar-refractivity contribution is -0.118. The van der Waals surface area contributed by atoms with Gasteiger partial charge < -0.3 is 10.1 Å². The molecule has 0 saturated carbocycles. The van der Waals surface area contributed by atoms with Crippen molar-refractivity contribution in [2.45, 2.75) is 18.9 Å². The number of ketones is 1. The minimum Gasteiger partial charge on any atom is -0.449 e. The topological polar surface area (TPSA) is 55.4 Å². The Morgan fingerprint density at radius 2 is 1.62 bits per heavy atom. The summed E-state index contributed by atoms with van der Waals surface area (Å²) in [6, 6.07) is 15.7. The van der Waals surface area contributed by atoms with Gasteiger partial charge in [-0.3, -0.25) is 4.79 Å². The average Bonchev–Trinajstić information content (AvgIpc) is 2.91. The van der Waals surface area contributed by atoms with Crippen LogP contribution in [0.4, 0.5) is 4.79 Å². The van der Waals surface area contributed by atoms with E-state index >= 15 is 0 Å². The fraction of sp³-hybridized carbons (Fsp3) is 0.263. The van der Waals surface area contributed by atoms with Gasteiger partial charge in [0, 0.05) is 11.7 Å². The monoisotopic (exact) mass is 341 g/mol. The largest absolute Gasteiger partial charge is 0.449 e. The molecule has 0 saturated heterocycles. The summed E-state index contributed by atoms with van der Waals surface area (Å²) in [7, 11) is 0. The molecule has 0 heterocycles. The number of amides is 1. The van der Waals surface area contributed by atoms with Crippen LogP contribution >= 0.6 is 12.6 Å². The van der Waals surface area contributed by atoms with Crippen LogP contribution in [0.25, 0.3) is 11.1 Å². The lowest BCUT2D eigenvalue weighted by Crippen LogP contribution is -2.41. The van der Waals surface area contributed by atoms with E-state index in [0.717, 1.165) is 11.1 Å². The predicted octanol–water partition coefficient (Wildman–Crippen LogP) is 3.41. The Balaban J connectivity index is 1.74. The summed E-state index contributed by atoms with van der Waals surface area (Å²) < 4.78 is 5.39. The van der Waals surface area contributed by atoms with Gasteiger partial charge in [-0.1, -0.05) is 48.5 Å². The molecule has 0 aliphatic heterocycles. The Labute approximate surface area is 146 Å².